The third kappa shape index (κ3) is 3.61. The lowest BCUT2D eigenvalue weighted by molar-refractivity contribution is -0.129. The highest BCUT2D eigenvalue weighted by Crippen LogP contribution is 2.33. The van der Waals surface area contributed by atoms with E-state index in [-0.39, 0.29) is 24.8 Å². The number of rotatable bonds is 5. The average molecular weight is 368 g/mol. The molecule has 2 heterocycles. The normalized spacial score (nSPS) is 14.0. The molecule has 5 N–H and O–H groups in total. The molecule has 1 aliphatic heterocycles. The Morgan fingerprint density at radius 1 is 1.22 bits per heavy atom. The van der Waals surface area contributed by atoms with Crippen LogP contribution in [0.3, 0.4) is 0 Å². The first-order chi connectivity index (χ1) is 12.9. The van der Waals surface area contributed by atoms with Gasteiger partial charge in [0.05, 0.1) is 11.1 Å². The highest BCUT2D eigenvalue weighted by molar-refractivity contribution is 6.34. The minimum atomic E-state index is -0.575. The Morgan fingerprint density at radius 3 is 2.70 bits per heavy atom. The Labute approximate surface area is 155 Å². The van der Waals surface area contributed by atoms with E-state index < -0.39 is 5.91 Å². The van der Waals surface area contributed by atoms with Crippen LogP contribution in [0.2, 0.25) is 0 Å². The van der Waals surface area contributed by atoms with Gasteiger partial charge in [0.1, 0.15) is 0 Å². The van der Waals surface area contributed by atoms with E-state index in [9.17, 15) is 14.4 Å². The van der Waals surface area contributed by atoms with Gasteiger partial charge in [0.2, 0.25) is 5.91 Å². The van der Waals surface area contributed by atoms with E-state index in [1.165, 1.54) is 5.48 Å². The number of fused-ring (bicyclic) bond motifs is 1. The molecule has 0 saturated heterocycles. The van der Waals surface area contributed by atoms with Crippen molar-refractivity contribution in [3.63, 3.8) is 0 Å². The van der Waals surface area contributed by atoms with Gasteiger partial charge in [-0.1, -0.05) is 18.2 Å². The number of benzene rings is 1. The SMILES string of the molecule is Cc1[nH]c(/C=C2\C(=O)Nc3ccccc32)c(C)c1C(=O)NCCC(=O)NO. The summed E-state index contributed by atoms with van der Waals surface area (Å²) in [7, 11) is 0. The number of carbonyl (C=O) groups excluding carboxylic acids is 3. The fraction of sp³-hybridized carbons (Fsp3) is 0.211. The minimum absolute atomic E-state index is 0.0291. The molecule has 8 heteroatoms. The Balaban J connectivity index is 1.85. The minimum Gasteiger partial charge on any atom is -0.358 e. The molecular weight excluding hydrogens is 348 g/mol. The molecule has 0 bridgehead atoms. The standard InChI is InChI=1S/C19H20N4O4/c1-10-15(9-13-12-5-3-4-6-14(12)22-18(13)25)21-11(2)17(10)19(26)20-8-7-16(24)23-27/h3-6,9,21,27H,7-8H2,1-2H3,(H,20,26)(H,22,25)(H,23,24)/b13-9-. The van der Waals surface area contributed by atoms with Crippen LogP contribution >= 0.6 is 0 Å². The first kappa shape index (κ1) is 18.4. The summed E-state index contributed by atoms with van der Waals surface area (Å²) in [5, 5.41) is 13.9. The molecule has 3 amide bonds. The van der Waals surface area contributed by atoms with Crippen molar-refractivity contribution in [3.8, 4) is 0 Å². The summed E-state index contributed by atoms with van der Waals surface area (Å²) in [5.74, 6) is -1.09. The van der Waals surface area contributed by atoms with E-state index in [4.69, 9.17) is 5.21 Å². The lowest BCUT2D eigenvalue weighted by Crippen LogP contribution is -2.29. The Hall–Kier alpha value is -3.39. The zero-order valence-electron chi connectivity index (χ0n) is 15.0. The Kier molecular flexibility index (Phi) is 5.09. The van der Waals surface area contributed by atoms with Gasteiger partial charge in [-0.2, -0.15) is 0 Å². The summed E-state index contributed by atoms with van der Waals surface area (Å²) in [4.78, 5) is 38.9. The second-order valence-electron chi connectivity index (χ2n) is 6.26. The molecule has 8 nitrogen and oxygen atoms in total. The van der Waals surface area contributed by atoms with Crippen LogP contribution in [0.25, 0.3) is 11.6 Å². The van der Waals surface area contributed by atoms with E-state index in [0.717, 1.165) is 11.3 Å². The maximum atomic E-state index is 12.4. The number of anilines is 1. The van der Waals surface area contributed by atoms with Gasteiger partial charge in [-0.05, 0) is 31.6 Å². The van der Waals surface area contributed by atoms with Crippen LogP contribution in [-0.2, 0) is 9.59 Å². The van der Waals surface area contributed by atoms with Crippen molar-refractivity contribution in [2.24, 2.45) is 0 Å². The number of H-pyrrole nitrogens is 1. The molecular formula is C19H20N4O4. The highest BCUT2D eigenvalue weighted by atomic mass is 16.5. The van der Waals surface area contributed by atoms with Crippen LogP contribution in [0.15, 0.2) is 24.3 Å². The average Bonchev–Trinajstić information content (AvgIpc) is 3.11. The van der Waals surface area contributed by atoms with E-state index >= 15 is 0 Å². The molecule has 1 aromatic heterocycles. The van der Waals surface area contributed by atoms with Crippen LogP contribution in [0.1, 0.15) is 39.3 Å². The summed E-state index contributed by atoms with van der Waals surface area (Å²) < 4.78 is 0. The molecule has 0 atom stereocenters. The summed E-state index contributed by atoms with van der Waals surface area (Å²) in [6.45, 7) is 3.67. The van der Waals surface area contributed by atoms with Gasteiger partial charge in [0.15, 0.2) is 0 Å². The van der Waals surface area contributed by atoms with E-state index in [2.05, 4.69) is 15.6 Å². The van der Waals surface area contributed by atoms with Crippen LogP contribution in [0.4, 0.5) is 5.69 Å². The molecule has 1 aromatic carbocycles. The molecule has 0 radical (unpaired) electrons. The predicted octanol–water partition coefficient (Wildman–Crippen LogP) is 1.75. The topological polar surface area (TPSA) is 123 Å². The molecule has 27 heavy (non-hydrogen) atoms. The molecule has 3 rings (SSSR count). The molecule has 1 aliphatic rings. The summed E-state index contributed by atoms with van der Waals surface area (Å²) in [6.07, 6.45) is 1.71. The van der Waals surface area contributed by atoms with Crippen molar-refractivity contribution in [3.05, 3.63) is 52.3 Å². The number of aromatic amines is 1. The smallest absolute Gasteiger partial charge is 0.256 e. The van der Waals surface area contributed by atoms with E-state index in [1.54, 1.807) is 19.9 Å². The van der Waals surface area contributed by atoms with Crippen LogP contribution in [0.5, 0.6) is 0 Å². The number of hydrogen-bond donors (Lipinski definition) is 5. The fourth-order valence-corrected chi connectivity index (χ4v) is 3.12. The van der Waals surface area contributed by atoms with E-state index in [1.807, 2.05) is 24.3 Å². The van der Waals surface area contributed by atoms with Gasteiger partial charge in [-0.25, -0.2) is 5.48 Å². The fourth-order valence-electron chi connectivity index (χ4n) is 3.12. The van der Waals surface area contributed by atoms with Crippen molar-refractivity contribution in [2.45, 2.75) is 20.3 Å². The molecule has 140 valence electrons. The number of para-hydroxylation sites is 1. The van der Waals surface area contributed by atoms with Crippen molar-refractivity contribution < 1.29 is 19.6 Å². The second kappa shape index (κ2) is 7.46. The third-order valence-corrected chi connectivity index (χ3v) is 4.46. The van der Waals surface area contributed by atoms with Crippen molar-refractivity contribution in [2.75, 3.05) is 11.9 Å². The van der Waals surface area contributed by atoms with Gasteiger partial charge in [0, 0.05) is 35.6 Å². The lowest BCUT2D eigenvalue weighted by Gasteiger charge is -2.05. The summed E-state index contributed by atoms with van der Waals surface area (Å²) in [6, 6.07) is 7.42. The van der Waals surface area contributed by atoms with Crippen molar-refractivity contribution in [1.82, 2.24) is 15.8 Å². The molecule has 0 saturated carbocycles. The van der Waals surface area contributed by atoms with Crippen LogP contribution in [-0.4, -0.2) is 34.5 Å². The first-order valence-corrected chi connectivity index (χ1v) is 8.45. The quantitative estimate of drug-likeness (QED) is 0.313. The summed E-state index contributed by atoms with van der Waals surface area (Å²) in [5.41, 5.74) is 6.13. The Morgan fingerprint density at radius 2 is 1.96 bits per heavy atom. The van der Waals surface area contributed by atoms with Gasteiger partial charge < -0.3 is 15.6 Å². The maximum absolute atomic E-state index is 12.4. The molecule has 0 spiro atoms. The van der Waals surface area contributed by atoms with Crippen LogP contribution < -0.4 is 16.1 Å². The van der Waals surface area contributed by atoms with Gasteiger partial charge in [-0.15, -0.1) is 0 Å². The van der Waals surface area contributed by atoms with E-state index in [0.29, 0.717) is 28.1 Å². The van der Waals surface area contributed by atoms with Crippen LogP contribution in [0, 0.1) is 13.8 Å². The zero-order chi connectivity index (χ0) is 19.6. The monoisotopic (exact) mass is 368 g/mol. The van der Waals surface area contributed by atoms with Gasteiger partial charge in [0.25, 0.3) is 11.8 Å². The molecule has 2 aromatic rings. The Bertz CT molecular complexity index is 959. The number of carbonyl (C=O) groups is 3. The molecule has 0 aliphatic carbocycles. The zero-order valence-corrected chi connectivity index (χ0v) is 15.0. The predicted molar refractivity (Wildman–Crippen MR) is 100 cm³/mol. The highest BCUT2D eigenvalue weighted by Gasteiger charge is 2.25. The van der Waals surface area contributed by atoms with Crippen molar-refractivity contribution >= 4 is 35.1 Å². The van der Waals surface area contributed by atoms with Crippen molar-refractivity contribution in [1.29, 1.82) is 0 Å². The number of nitrogens with one attached hydrogen (secondary N) is 4. The number of hydroxylamine groups is 1. The van der Waals surface area contributed by atoms with Gasteiger partial charge >= 0.3 is 0 Å². The number of aromatic nitrogens is 1. The number of amides is 3. The maximum Gasteiger partial charge on any atom is 0.256 e. The summed E-state index contributed by atoms with van der Waals surface area (Å²) >= 11 is 0. The molecule has 0 unspecified atom stereocenters. The molecule has 0 fully saturated rings. The first-order valence-electron chi connectivity index (χ1n) is 8.45. The van der Waals surface area contributed by atoms with Gasteiger partial charge in [-0.3, -0.25) is 19.6 Å². The second-order valence-corrected chi connectivity index (χ2v) is 6.26. The number of aryl methyl sites for hydroxylation is 1. The lowest BCUT2D eigenvalue weighted by atomic mass is 10.0. The number of hydrogen-bond acceptors (Lipinski definition) is 4. The largest absolute Gasteiger partial charge is 0.358 e. The third-order valence-electron chi connectivity index (χ3n) is 4.46.